The normalized spacial score (nSPS) is 15.4. The van der Waals surface area contributed by atoms with Gasteiger partial charge in [0, 0.05) is 60.8 Å². The fourth-order valence-electron chi connectivity index (χ4n) is 4.37. The maximum Gasteiger partial charge on any atom is 0.219 e. The van der Waals surface area contributed by atoms with Crippen LogP contribution in [0.1, 0.15) is 19.8 Å². The monoisotopic (exact) mass is 390 g/mol. The minimum Gasteiger partial charge on any atom is -0.360 e. The third kappa shape index (κ3) is 3.39. The topological polar surface area (TPSA) is 53.9 Å². The Bertz CT molecular complexity index is 1200. The minimum absolute atomic E-state index is 0.167. The molecule has 29 heavy (non-hydrogen) atoms. The number of hydrogen-bond acceptors (Lipinski definition) is 2. The molecule has 0 saturated carbocycles. The van der Waals surface area contributed by atoms with Gasteiger partial charge in [-0.15, -0.1) is 0 Å². The number of aromatic nitrogens is 3. The van der Waals surface area contributed by atoms with Gasteiger partial charge in [-0.3, -0.25) is 9.48 Å². The summed E-state index contributed by atoms with van der Waals surface area (Å²) in [6.07, 6.45) is 6.07. The molecule has 5 nitrogen and oxygen atoms in total. The number of piperidine rings is 1. The molecule has 1 saturated heterocycles. The summed E-state index contributed by atoms with van der Waals surface area (Å²) in [6, 6.07) is 11.1. The Morgan fingerprint density at radius 1 is 1.21 bits per heavy atom. The first-order valence-corrected chi connectivity index (χ1v) is 10.1. The molecule has 0 spiro atoms. The van der Waals surface area contributed by atoms with Gasteiger partial charge in [0.1, 0.15) is 5.82 Å². The molecule has 0 radical (unpaired) electrons. The van der Waals surface area contributed by atoms with Crippen LogP contribution in [0, 0.1) is 11.7 Å². The average molecular weight is 390 g/mol. The minimum atomic E-state index is -0.239. The highest BCUT2D eigenvalue weighted by molar-refractivity contribution is 5.97. The first-order valence-electron chi connectivity index (χ1n) is 10.1. The summed E-state index contributed by atoms with van der Waals surface area (Å²) in [7, 11) is 0. The molecular weight excluding hydrogens is 367 g/mol. The summed E-state index contributed by atoms with van der Waals surface area (Å²) in [6.45, 7) is 4.20. The molecule has 6 heteroatoms. The molecule has 0 unspecified atom stereocenters. The van der Waals surface area contributed by atoms with Crippen LogP contribution in [0.15, 0.2) is 48.8 Å². The van der Waals surface area contributed by atoms with Crippen molar-refractivity contribution in [2.75, 3.05) is 13.1 Å². The van der Waals surface area contributed by atoms with E-state index < -0.39 is 0 Å². The van der Waals surface area contributed by atoms with Crippen molar-refractivity contribution >= 4 is 27.7 Å². The van der Waals surface area contributed by atoms with Crippen molar-refractivity contribution in [3.05, 3.63) is 54.6 Å². The fourth-order valence-corrected chi connectivity index (χ4v) is 4.37. The Hall–Kier alpha value is -3.15. The van der Waals surface area contributed by atoms with Crippen LogP contribution < -0.4 is 0 Å². The van der Waals surface area contributed by atoms with Gasteiger partial charge in [-0.05, 0) is 54.7 Å². The number of fused-ring (bicyclic) bond motifs is 2. The first kappa shape index (κ1) is 17.9. The Kier molecular flexibility index (Phi) is 4.34. The molecule has 2 aromatic heterocycles. The standard InChI is InChI=1S/C23H23FN4O/c1-15(29)27-8-6-16(7-9-27)13-28-14-18-10-17(2-5-22(18)26-28)21-12-25-23-11-19(24)3-4-20(21)23/h2-5,10-12,14,16,25H,6-9,13H2,1H3. The molecule has 1 amide bonds. The predicted octanol–water partition coefficient (Wildman–Crippen LogP) is 4.58. The van der Waals surface area contributed by atoms with Gasteiger partial charge in [0.2, 0.25) is 5.91 Å². The summed E-state index contributed by atoms with van der Waals surface area (Å²) < 4.78 is 15.5. The molecule has 0 bridgehead atoms. The quantitative estimate of drug-likeness (QED) is 0.557. The van der Waals surface area contributed by atoms with Crippen LogP contribution >= 0.6 is 0 Å². The molecule has 5 rings (SSSR count). The van der Waals surface area contributed by atoms with E-state index in [0.717, 1.165) is 65.4 Å². The molecule has 1 fully saturated rings. The average Bonchev–Trinajstić information content (AvgIpc) is 3.30. The second-order valence-electron chi connectivity index (χ2n) is 7.97. The molecule has 4 aromatic rings. The number of H-pyrrole nitrogens is 1. The number of rotatable bonds is 3. The summed E-state index contributed by atoms with van der Waals surface area (Å²) in [5.41, 5.74) is 3.92. The van der Waals surface area contributed by atoms with E-state index in [-0.39, 0.29) is 11.7 Å². The summed E-state index contributed by atoms with van der Waals surface area (Å²) in [4.78, 5) is 16.6. The maximum atomic E-state index is 13.5. The van der Waals surface area contributed by atoms with Crippen LogP contribution in [-0.2, 0) is 11.3 Å². The lowest BCUT2D eigenvalue weighted by molar-refractivity contribution is -0.130. The van der Waals surface area contributed by atoms with Crippen molar-refractivity contribution in [2.24, 2.45) is 5.92 Å². The van der Waals surface area contributed by atoms with Gasteiger partial charge >= 0.3 is 0 Å². The molecule has 0 atom stereocenters. The van der Waals surface area contributed by atoms with E-state index in [1.54, 1.807) is 6.92 Å². The van der Waals surface area contributed by atoms with Crippen molar-refractivity contribution in [3.8, 4) is 11.1 Å². The van der Waals surface area contributed by atoms with E-state index in [1.165, 1.54) is 12.1 Å². The van der Waals surface area contributed by atoms with Gasteiger partial charge in [-0.2, -0.15) is 5.10 Å². The Morgan fingerprint density at radius 3 is 2.83 bits per heavy atom. The molecule has 148 valence electrons. The predicted molar refractivity (Wildman–Crippen MR) is 112 cm³/mol. The van der Waals surface area contributed by atoms with Crippen LogP contribution in [-0.4, -0.2) is 38.7 Å². The third-order valence-electron chi connectivity index (χ3n) is 6.01. The van der Waals surface area contributed by atoms with Crippen molar-refractivity contribution in [2.45, 2.75) is 26.3 Å². The number of nitrogens with one attached hydrogen (secondary N) is 1. The number of carbonyl (C=O) groups excluding carboxylic acids is 1. The summed E-state index contributed by atoms with van der Waals surface area (Å²) in [5, 5.41) is 6.84. The molecular formula is C23H23FN4O. The highest BCUT2D eigenvalue weighted by Crippen LogP contribution is 2.31. The van der Waals surface area contributed by atoms with Gasteiger partial charge < -0.3 is 9.88 Å². The van der Waals surface area contributed by atoms with Crippen molar-refractivity contribution in [3.63, 3.8) is 0 Å². The lowest BCUT2D eigenvalue weighted by Gasteiger charge is -2.31. The Morgan fingerprint density at radius 2 is 2.03 bits per heavy atom. The van der Waals surface area contributed by atoms with Gasteiger partial charge in [0.05, 0.1) is 5.52 Å². The number of carbonyl (C=O) groups is 1. The van der Waals surface area contributed by atoms with Gasteiger partial charge in [0.25, 0.3) is 0 Å². The lowest BCUT2D eigenvalue weighted by atomic mass is 9.97. The zero-order valence-electron chi connectivity index (χ0n) is 16.4. The largest absolute Gasteiger partial charge is 0.360 e. The SMILES string of the molecule is CC(=O)N1CCC(Cn2cc3cc(-c4c[nH]c5cc(F)ccc45)ccc3n2)CC1. The molecule has 1 aliphatic heterocycles. The van der Waals surface area contributed by atoms with Crippen LogP contribution in [0.4, 0.5) is 4.39 Å². The maximum absolute atomic E-state index is 13.5. The van der Waals surface area contributed by atoms with Crippen LogP contribution in [0.3, 0.4) is 0 Å². The van der Waals surface area contributed by atoms with Crippen LogP contribution in [0.25, 0.3) is 32.9 Å². The van der Waals surface area contributed by atoms with E-state index in [0.29, 0.717) is 5.92 Å². The third-order valence-corrected chi connectivity index (χ3v) is 6.01. The smallest absolute Gasteiger partial charge is 0.219 e. The number of amides is 1. The first-order chi connectivity index (χ1) is 14.1. The van der Waals surface area contributed by atoms with E-state index >= 15 is 0 Å². The second-order valence-corrected chi connectivity index (χ2v) is 7.97. The van der Waals surface area contributed by atoms with E-state index in [4.69, 9.17) is 5.10 Å². The van der Waals surface area contributed by atoms with Crippen LogP contribution in [0.2, 0.25) is 0 Å². The number of halogens is 1. The molecule has 1 aliphatic rings. The zero-order chi connectivity index (χ0) is 20.0. The summed E-state index contributed by atoms with van der Waals surface area (Å²) in [5.74, 6) is 0.473. The Balaban J connectivity index is 1.38. The number of likely N-dealkylation sites (tertiary alicyclic amines) is 1. The van der Waals surface area contributed by atoms with Crippen molar-refractivity contribution < 1.29 is 9.18 Å². The van der Waals surface area contributed by atoms with E-state index in [1.807, 2.05) is 27.9 Å². The van der Waals surface area contributed by atoms with Crippen molar-refractivity contribution in [1.29, 1.82) is 0 Å². The van der Waals surface area contributed by atoms with E-state index in [2.05, 4.69) is 23.3 Å². The Labute approximate surface area is 168 Å². The van der Waals surface area contributed by atoms with Gasteiger partial charge in [-0.25, -0.2) is 4.39 Å². The molecule has 0 aliphatic carbocycles. The van der Waals surface area contributed by atoms with Crippen molar-refractivity contribution in [1.82, 2.24) is 19.7 Å². The molecule has 1 N–H and O–H groups in total. The number of nitrogens with zero attached hydrogens (tertiary/aromatic N) is 3. The van der Waals surface area contributed by atoms with Crippen LogP contribution in [0.5, 0.6) is 0 Å². The zero-order valence-corrected chi connectivity index (χ0v) is 16.4. The lowest BCUT2D eigenvalue weighted by Crippen LogP contribution is -2.38. The fraction of sp³-hybridized carbons (Fsp3) is 0.304. The van der Waals surface area contributed by atoms with Gasteiger partial charge in [0.15, 0.2) is 0 Å². The second kappa shape index (κ2) is 7.03. The highest BCUT2D eigenvalue weighted by atomic mass is 19.1. The molecule has 2 aromatic carbocycles. The molecule has 3 heterocycles. The summed E-state index contributed by atoms with van der Waals surface area (Å²) >= 11 is 0. The number of aromatic amines is 1. The van der Waals surface area contributed by atoms with E-state index in [9.17, 15) is 9.18 Å². The van der Waals surface area contributed by atoms with Gasteiger partial charge in [-0.1, -0.05) is 6.07 Å². The number of benzene rings is 2. The highest BCUT2D eigenvalue weighted by Gasteiger charge is 2.21. The number of hydrogen-bond donors (Lipinski definition) is 1.